The smallest absolute Gasteiger partial charge is 0.264 e. The number of aromatic nitrogens is 1. The standard InChI is InChI=1S/C30H27N3O3S2/c1-20-4-13-25(14-5-20)33(38(35,36)26-15-6-21(2)7-16-26)19-29(34)31-24-11-9-23(10-12-24)30-32-27-17-8-22(3)18-28(27)37-30/h4-18H,19H2,1-3H3,(H,31,34). The van der Waals surface area contributed by atoms with Crippen molar-refractivity contribution in [3.05, 3.63) is 108 Å². The van der Waals surface area contributed by atoms with Crippen LogP contribution in [-0.4, -0.2) is 25.9 Å². The topological polar surface area (TPSA) is 79.4 Å². The van der Waals surface area contributed by atoms with E-state index in [1.807, 2.05) is 50.2 Å². The second kappa shape index (κ2) is 10.4. The van der Waals surface area contributed by atoms with Crippen LogP contribution in [0, 0.1) is 20.8 Å². The molecular weight excluding hydrogens is 514 g/mol. The van der Waals surface area contributed by atoms with Crippen molar-refractivity contribution in [1.82, 2.24) is 4.98 Å². The highest BCUT2D eigenvalue weighted by molar-refractivity contribution is 7.92. The minimum Gasteiger partial charge on any atom is -0.325 e. The maximum Gasteiger partial charge on any atom is 0.264 e. The van der Waals surface area contributed by atoms with Crippen molar-refractivity contribution in [1.29, 1.82) is 0 Å². The summed E-state index contributed by atoms with van der Waals surface area (Å²) in [6.07, 6.45) is 0. The maximum atomic E-state index is 13.6. The Labute approximate surface area is 226 Å². The molecule has 4 aromatic carbocycles. The number of benzene rings is 4. The summed E-state index contributed by atoms with van der Waals surface area (Å²) in [5, 5.41) is 3.74. The van der Waals surface area contributed by atoms with Gasteiger partial charge in [0.2, 0.25) is 5.91 Å². The van der Waals surface area contributed by atoms with Crippen molar-refractivity contribution in [2.24, 2.45) is 0 Å². The summed E-state index contributed by atoms with van der Waals surface area (Å²) in [4.78, 5) is 17.9. The van der Waals surface area contributed by atoms with E-state index in [0.717, 1.165) is 36.2 Å². The Morgan fingerprint density at radius 2 is 1.42 bits per heavy atom. The third-order valence-corrected chi connectivity index (χ3v) is 9.03. The van der Waals surface area contributed by atoms with Crippen LogP contribution in [0.4, 0.5) is 11.4 Å². The number of carbonyl (C=O) groups is 1. The number of amides is 1. The fourth-order valence-electron chi connectivity index (χ4n) is 4.05. The monoisotopic (exact) mass is 541 g/mol. The summed E-state index contributed by atoms with van der Waals surface area (Å²) >= 11 is 1.62. The van der Waals surface area contributed by atoms with Crippen molar-refractivity contribution in [2.45, 2.75) is 25.7 Å². The van der Waals surface area contributed by atoms with Crippen LogP contribution < -0.4 is 9.62 Å². The van der Waals surface area contributed by atoms with Gasteiger partial charge in [0.15, 0.2) is 0 Å². The molecule has 0 aliphatic carbocycles. The third kappa shape index (κ3) is 5.46. The number of sulfonamides is 1. The van der Waals surface area contributed by atoms with Crippen LogP contribution in [-0.2, 0) is 14.8 Å². The number of hydrogen-bond acceptors (Lipinski definition) is 5. The molecule has 0 bridgehead atoms. The van der Waals surface area contributed by atoms with E-state index in [1.54, 1.807) is 59.9 Å². The molecule has 5 rings (SSSR count). The maximum absolute atomic E-state index is 13.6. The molecule has 5 aromatic rings. The minimum atomic E-state index is -3.96. The molecule has 0 unspecified atom stereocenters. The van der Waals surface area contributed by atoms with Crippen LogP contribution in [0.3, 0.4) is 0 Å². The molecule has 0 aliphatic heterocycles. The van der Waals surface area contributed by atoms with Crippen molar-refractivity contribution in [2.75, 3.05) is 16.2 Å². The molecular formula is C30H27N3O3S2. The van der Waals surface area contributed by atoms with Gasteiger partial charge in [-0.2, -0.15) is 0 Å². The van der Waals surface area contributed by atoms with Crippen LogP contribution >= 0.6 is 11.3 Å². The summed E-state index contributed by atoms with van der Waals surface area (Å²) < 4.78 is 29.4. The number of anilines is 2. The van der Waals surface area contributed by atoms with Crippen LogP contribution in [0.15, 0.2) is 95.9 Å². The first-order valence-corrected chi connectivity index (χ1v) is 14.4. The number of nitrogens with one attached hydrogen (secondary N) is 1. The van der Waals surface area contributed by atoms with Crippen LogP contribution in [0.25, 0.3) is 20.8 Å². The molecule has 1 amide bonds. The molecule has 1 aromatic heterocycles. The molecule has 6 nitrogen and oxygen atoms in total. The SMILES string of the molecule is Cc1ccc(N(CC(=O)Nc2ccc(-c3nc4ccc(C)cc4s3)cc2)S(=O)(=O)c2ccc(C)cc2)cc1. The molecule has 38 heavy (non-hydrogen) atoms. The lowest BCUT2D eigenvalue weighted by Gasteiger charge is -2.24. The molecule has 1 N–H and O–H groups in total. The Balaban J connectivity index is 1.36. The van der Waals surface area contributed by atoms with E-state index in [4.69, 9.17) is 4.98 Å². The summed E-state index contributed by atoms with van der Waals surface area (Å²) in [7, 11) is -3.96. The Kier molecular flexibility index (Phi) is 7.01. The van der Waals surface area contributed by atoms with Gasteiger partial charge in [0, 0.05) is 11.3 Å². The van der Waals surface area contributed by atoms with Gasteiger partial charge >= 0.3 is 0 Å². The molecule has 1 heterocycles. The molecule has 0 aliphatic rings. The lowest BCUT2D eigenvalue weighted by atomic mass is 10.2. The molecule has 0 fully saturated rings. The molecule has 0 spiro atoms. The Hall–Kier alpha value is -4.01. The van der Waals surface area contributed by atoms with Gasteiger partial charge in [-0.3, -0.25) is 9.10 Å². The highest BCUT2D eigenvalue weighted by Crippen LogP contribution is 2.31. The lowest BCUT2D eigenvalue weighted by Crippen LogP contribution is -2.38. The molecule has 8 heteroatoms. The summed E-state index contributed by atoms with van der Waals surface area (Å²) in [6, 6.07) is 27.3. The highest BCUT2D eigenvalue weighted by Gasteiger charge is 2.27. The Morgan fingerprint density at radius 3 is 2.08 bits per heavy atom. The quantitative estimate of drug-likeness (QED) is 0.248. The second-order valence-corrected chi connectivity index (χ2v) is 12.2. The van der Waals surface area contributed by atoms with Gasteiger partial charge in [0.1, 0.15) is 11.6 Å². The van der Waals surface area contributed by atoms with Gasteiger partial charge in [-0.05, 0) is 87.0 Å². The Morgan fingerprint density at radius 1 is 0.816 bits per heavy atom. The van der Waals surface area contributed by atoms with Crippen molar-refractivity contribution in [3.8, 4) is 10.6 Å². The normalized spacial score (nSPS) is 11.4. The highest BCUT2D eigenvalue weighted by atomic mass is 32.2. The van der Waals surface area contributed by atoms with Gasteiger partial charge in [0.05, 0.1) is 20.8 Å². The summed E-state index contributed by atoms with van der Waals surface area (Å²) in [5.74, 6) is -0.440. The van der Waals surface area contributed by atoms with E-state index in [0.29, 0.717) is 11.4 Å². The molecule has 0 radical (unpaired) electrons. The van der Waals surface area contributed by atoms with Crippen molar-refractivity contribution >= 4 is 48.9 Å². The van der Waals surface area contributed by atoms with E-state index in [1.165, 1.54) is 5.56 Å². The van der Waals surface area contributed by atoms with Gasteiger partial charge in [0.25, 0.3) is 10.0 Å². The van der Waals surface area contributed by atoms with Crippen molar-refractivity contribution < 1.29 is 13.2 Å². The van der Waals surface area contributed by atoms with E-state index in [9.17, 15) is 13.2 Å². The number of nitrogens with zero attached hydrogens (tertiary/aromatic N) is 2. The summed E-state index contributed by atoms with van der Waals surface area (Å²) in [5.41, 5.74) is 6.04. The zero-order chi connectivity index (χ0) is 26.9. The van der Waals surface area contributed by atoms with Crippen molar-refractivity contribution in [3.63, 3.8) is 0 Å². The predicted molar refractivity (Wildman–Crippen MR) is 155 cm³/mol. The first-order valence-electron chi connectivity index (χ1n) is 12.1. The second-order valence-electron chi connectivity index (χ2n) is 9.28. The average molecular weight is 542 g/mol. The minimum absolute atomic E-state index is 0.131. The third-order valence-electron chi connectivity index (χ3n) is 6.18. The van der Waals surface area contributed by atoms with Gasteiger partial charge in [-0.25, -0.2) is 13.4 Å². The number of thiazole rings is 1. The first kappa shape index (κ1) is 25.6. The van der Waals surface area contributed by atoms with Gasteiger partial charge in [-0.1, -0.05) is 41.5 Å². The van der Waals surface area contributed by atoms with Gasteiger partial charge < -0.3 is 5.32 Å². The molecule has 0 atom stereocenters. The number of rotatable bonds is 7. The van der Waals surface area contributed by atoms with E-state index in [2.05, 4.69) is 18.3 Å². The fourth-order valence-corrected chi connectivity index (χ4v) is 6.54. The van der Waals surface area contributed by atoms with Crippen LogP contribution in [0.1, 0.15) is 16.7 Å². The number of hydrogen-bond donors (Lipinski definition) is 1. The zero-order valence-corrected chi connectivity index (χ0v) is 22.9. The number of aryl methyl sites for hydroxylation is 3. The fraction of sp³-hybridized carbons (Fsp3) is 0.133. The Bertz CT molecular complexity index is 1710. The summed E-state index contributed by atoms with van der Waals surface area (Å²) in [6.45, 7) is 5.51. The molecule has 0 saturated heterocycles. The molecule has 0 saturated carbocycles. The average Bonchev–Trinajstić information content (AvgIpc) is 3.32. The van der Waals surface area contributed by atoms with E-state index in [-0.39, 0.29) is 11.4 Å². The van der Waals surface area contributed by atoms with Crippen LogP contribution in [0.5, 0.6) is 0 Å². The van der Waals surface area contributed by atoms with Crippen LogP contribution in [0.2, 0.25) is 0 Å². The predicted octanol–water partition coefficient (Wildman–Crippen LogP) is 6.72. The number of fused-ring (bicyclic) bond motifs is 1. The number of carbonyl (C=O) groups excluding carboxylic acids is 1. The largest absolute Gasteiger partial charge is 0.325 e. The molecule has 192 valence electrons. The van der Waals surface area contributed by atoms with E-state index >= 15 is 0 Å². The van der Waals surface area contributed by atoms with E-state index < -0.39 is 15.9 Å². The lowest BCUT2D eigenvalue weighted by molar-refractivity contribution is -0.114. The zero-order valence-electron chi connectivity index (χ0n) is 21.3. The van der Waals surface area contributed by atoms with Gasteiger partial charge in [-0.15, -0.1) is 11.3 Å². The first-order chi connectivity index (χ1) is 18.2.